The lowest BCUT2D eigenvalue weighted by atomic mass is 9.87. The number of rotatable bonds is 13. The van der Waals surface area contributed by atoms with E-state index < -0.39 is 11.4 Å². The van der Waals surface area contributed by atoms with Crippen LogP contribution in [0.4, 0.5) is 0 Å². The van der Waals surface area contributed by atoms with Crippen LogP contribution in [0, 0.1) is 0 Å². The third-order valence-electron chi connectivity index (χ3n) is 4.82. The average Bonchev–Trinajstić information content (AvgIpc) is 2.87. The predicted molar refractivity (Wildman–Crippen MR) is 96.5 cm³/mol. The van der Waals surface area contributed by atoms with E-state index in [0.29, 0.717) is 13.0 Å². The Morgan fingerprint density at radius 3 is 2.13 bits per heavy atom. The summed E-state index contributed by atoms with van der Waals surface area (Å²) in [5.41, 5.74) is -0.837. The van der Waals surface area contributed by atoms with Gasteiger partial charge in [0.2, 0.25) is 0 Å². The number of aliphatic hydroxyl groups is 1. The van der Waals surface area contributed by atoms with Gasteiger partial charge in [-0.05, 0) is 26.7 Å². The molecule has 0 aliphatic carbocycles. The van der Waals surface area contributed by atoms with Crippen LogP contribution >= 0.6 is 0 Å². The molecule has 1 fully saturated rings. The highest BCUT2D eigenvalue weighted by Gasteiger charge is 2.44. The van der Waals surface area contributed by atoms with Gasteiger partial charge in [0.15, 0.2) is 5.79 Å². The largest absolute Gasteiger partial charge is 0.387 e. The molecule has 2 atom stereocenters. The molecule has 3 nitrogen and oxygen atoms in total. The van der Waals surface area contributed by atoms with Crippen molar-refractivity contribution in [3.8, 4) is 0 Å². The number of ether oxygens (including phenoxy) is 2. The maximum atomic E-state index is 11.0. The van der Waals surface area contributed by atoms with Crippen molar-refractivity contribution in [2.24, 2.45) is 0 Å². The first kappa shape index (κ1) is 20.7. The fourth-order valence-electron chi connectivity index (χ4n) is 3.34. The van der Waals surface area contributed by atoms with Crippen LogP contribution in [0.15, 0.2) is 12.7 Å². The van der Waals surface area contributed by atoms with E-state index in [4.69, 9.17) is 9.47 Å². The molecule has 1 aliphatic rings. The molecule has 0 radical (unpaired) electrons. The Morgan fingerprint density at radius 2 is 1.65 bits per heavy atom. The molecule has 136 valence electrons. The minimum Gasteiger partial charge on any atom is -0.387 e. The Hall–Kier alpha value is -0.380. The Kier molecular flexibility index (Phi) is 9.41. The van der Waals surface area contributed by atoms with Gasteiger partial charge in [-0.3, -0.25) is 0 Å². The molecule has 1 heterocycles. The zero-order valence-corrected chi connectivity index (χ0v) is 15.6. The van der Waals surface area contributed by atoms with Gasteiger partial charge in [-0.25, -0.2) is 0 Å². The van der Waals surface area contributed by atoms with E-state index >= 15 is 0 Å². The van der Waals surface area contributed by atoms with Crippen LogP contribution in [-0.2, 0) is 9.47 Å². The highest BCUT2D eigenvalue weighted by atomic mass is 16.7. The lowest BCUT2D eigenvalue weighted by Crippen LogP contribution is -2.44. The smallest absolute Gasteiger partial charge is 0.163 e. The lowest BCUT2D eigenvalue weighted by Gasteiger charge is -2.32. The zero-order chi connectivity index (χ0) is 17.2. The van der Waals surface area contributed by atoms with Crippen LogP contribution in [0.2, 0.25) is 0 Å². The van der Waals surface area contributed by atoms with Gasteiger partial charge in [0.1, 0.15) is 6.10 Å². The van der Waals surface area contributed by atoms with Crippen molar-refractivity contribution in [3.63, 3.8) is 0 Å². The molecule has 0 aromatic carbocycles. The molecule has 0 bridgehead atoms. The van der Waals surface area contributed by atoms with Crippen molar-refractivity contribution in [2.45, 2.75) is 109 Å². The van der Waals surface area contributed by atoms with Crippen molar-refractivity contribution in [3.05, 3.63) is 12.7 Å². The summed E-state index contributed by atoms with van der Waals surface area (Å²) in [6.45, 7) is 10.3. The summed E-state index contributed by atoms with van der Waals surface area (Å²) < 4.78 is 11.5. The SMILES string of the molecule is C=CC[C@](O)(CCCCCCCCCCC)[C@@H]1COC(C)(C)O1. The first-order valence-electron chi connectivity index (χ1n) is 9.58. The Bertz CT molecular complexity index is 327. The highest BCUT2D eigenvalue weighted by Crippen LogP contribution is 2.34. The molecule has 0 aromatic rings. The summed E-state index contributed by atoms with van der Waals surface area (Å²) in [6.07, 6.45) is 14.5. The Balaban J connectivity index is 2.22. The summed E-state index contributed by atoms with van der Waals surface area (Å²) in [7, 11) is 0. The molecule has 0 spiro atoms. The maximum absolute atomic E-state index is 11.0. The number of hydrogen-bond acceptors (Lipinski definition) is 3. The molecular formula is C20H38O3. The van der Waals surface area contributed by atoms with Crippen LogP contribution < -0.4 is 0 Å². The third-order valence-corrected chi connectivity index (χ3v) is 4.82. The van der Waals surface area contributed by atoms with Crippen LogP contribution in [0.3, 0.4) is 0 Å². The van der Waals surface area contributed by atoms with Crippen molar-refractivity contribution in [1.82, 2.24) is 0 Å². The van der Waals surface area contributed by atoms with Crippen LogP contribution in [0.1, 0.15) is 91.4 Å². The predicted octanol–water partition coefficient (Wildman–Crippen LogP) is 5.37. The van der Waals surface area contributed by atoms with Gasteiger partial charge >= 0.3 is 0 Å². The second kappa shape index (κ2) is 10.5. The topological polar surface area (TPSA) is 38.7 Å². The van der Waals surface area contributed by atoms with Crippen molar-refractivity contribution in [1.29, 1.82) is 0 Å². The maximum Gasteiger partial charge on any atom is 0.163 e. The van der Waals surface area contributed by atoms with Gasteiger partial charge < -0.3 is 14.6 Å². The van der Waals surface area contributed by atoms with Crippen molar-refractivity contribution >= 4 is 0 Å². The number of unbranched alkanes of at least 4 members (excludes halogenated alkanes) is 8. The Morgan fingerprint density at radius 1 is 1.09 bits per heavy atom. The van der Waals surface area contributed by atoms with E-state index in [-0.39, 0.29) is 6.10 Å². The summed E-state index contributed by atoms with van der Waals surface area (Å²) in [5.74, 6) is -0.585. The Labute approximate surface area is 143 Å². The first-order chi connectivity index (χ1) is 10.9. The molecule has 23 heavy (non-hydrogen) atoms. The molecular weight excluding hydrogens is 288 g/mol. The summed E-state index contributed by atoms with van der Waals surface area (Å²) in [6, 6.07) is 0. The fourth-order valence-corrected chi connectivity index (χ4v) is 3.34. The number of hydrogen-bond donors (Lipinski definition) is 1. The molecule has 0 aromatic heterocycles. The second-order valence-electron chi connectivity index (χ2n) is 7.49. The first-order valence-corrected chi connectivity index (χ1v) is 9.58. The van der Waals surface area contributed by atoms with E-state index in [1.165, 1.54) is 51.4 Å². The molecule has 1 aliphatic heterocycles. The molecule has 0 unspecified atom stereocenters. The quantitative estimate of drug-likeness (QED) is 0.365. The van der Waals surface area contributed by atoms with E-state index in [2.05, 4.69) is 13.5 Å². The van der Waals surface area contributed by atoms with E-state index in [0.717, 1.165) is 12.8 Å². The third kappa shape index (κ3) is 7.82. The molecule has 3 heteroatoms. The molecule has 1 saturated heterocycles. The van der Waals surface area contributed by atoms with Crippen LogP contribution in [0.5, 0.6) is 0 Å². The van der Waals surface area contributed by atoms with Gasteiger partial charge in [-0.2, -0.15) is 0 Å². The average molecular weight is 327 g/mol. The van der Waals surface area contributed by atoms with E-state index in [1.807, 2.05) is 13.8 Å². The summed E-state index contributed by atoms with van der Waals surface area (Å²) >= 11 is 0. The fraction of sp³-hybridized carbons (Fsp3) is 0.900. The van der Waals surface area contributed by atoms with Gasteiger partial charge in [-0.15, -0.1) is 6.58 Å². The van der Waals surface area contributed by atoms with Gasteiger partial charge in [0.25, 0.3) is 0 Å². The molecule has 0 saturated carbocycles. The van der Waals surface area contributed by atoms with Crippen molar-refractivity contribution in [2.75, 3.05) is 6.61 Å². The standard InChI is InChI=1S/C20H38O3/c1-5-7-8-9-10-11-12-13-14-16-20(21,15-6-2)18-17-22-19(3,4)23-18/h6,18,21H,2,5,7-17H2,1,3-4H3/t18-,20-/m0/s1. The minimum absolute atomic E-state index is 0.246. The minimum atomic E-state index is -0.837. The van der Waals surface area contributed by atoms with E-state index in [9.17, 15) is 5.11 Å². The zero-order valence-electron chi connectivity index (χ0n) is 15.6. The molecule has 1 rings (SSSR count). The molecule has 0 amide bonds. The molecule has 1 N–H and O–H groups in total. The monoisotopic (exact) mass is 326 g/mol. The highest BCUT2D eigenvalue weighted by molar-refractivity contribution is 4.95. The lowest BCUT2D eigenvalue weighted by molar-refractivity contribution is -0.171. The van der Waals surface area contributed by atoms with Gasteiger partial charge in [0.05, 0.1) is 12.2 Å². The summed E-state index contributed by atoms with van der Waals surface area (Å²) in [4.78, 5) is 0. The van der Waals surface area contributed by atoms with Gasteiger partial charge in [-0.1, -0.05) is 70.8 Å². The van der Waals surface area contributed by atoms with E-state index in [1.54, 1.807) is 6.08 Å². The summed E-state index contributed by atoms with van der Waals surface area (Å²) in [5, 5.41) is 11.0. The second-order valence-corrected chi connectivity index (χ2v) is 7.49. The normalized spacial score (nSPS) is 22.9. The van der Waals surface area contributed by atoms with Crippen LogP contribution in [-0.4, -0.2) is 29.2 Å². The van der Waals surface area contributed by atoms with Crippen LogP contribution in [0.25, 0.3) is 0 Å². The van der Waals surface area contributed by atoms with Gasteiger partial charge in [0, 0.05) is 0 Å². The van der Waals surface area contributed by atoms with Crippen molar-refractivity contribution < 1.29 is 14.6 Å².